The van der Waals surface area contributed by atoms with Crippen molar-refractivity contribution in [2.75, 3.05) is 35.2 Å². The molecule has 0 aromatic heterocycles. The number of nitrogens with one attached hydrogen (secondary N) is 1. The third-order valence-corrected chi connectivity index (χ3v) is 17.8. The Labute approximate surface area is 474 Å². The molecule has 15 nitrogen and oxygen atoms in total. The fourth-order valence-corrected chi connectivity index (χ4v) is 13.1. The number of hydrogen-bond donors (Lipinski definition) is 4. The summed E-state index contributed by atoms with van der Waals surface area (Å²) >= 11 is 0. The number of carbonyl (C=O) groups is 2. The summed E-state index contributed by atoms with van der Waals surface area (Å²) in [6.45, 7) is 10.0. The molecule has 81 heavy (non-hydrogen) atoms. The monoisotopic (exact) mass is 1150 g/mol. The van der Waals surface area contributed by atoms with Crippen LogP contribution in [0.4, 0.5) is 17.1 Å². The molecule has 3 heterocycles. The van der Waals surface area contributed by atoms with E-state index in [9.17, 15) is 48.5 Å². The number of para-hydroxylation sites is 1. The Kier molecular flexibility index (Phi) is 16.9. The van der Waals surface area contributed by atoms with E-state index >= 15 is 0 Å². The molecule has 4 N–H and O–H groups in total. The Morgan fingerprint density at radius 3 is 1.98 bits per heavy atom. The van der Waals surface area contributed by atoms with Crippen LogP contribution in [0.1, 0.15) is 100 Å². The van der Waals surface area contributed by atoms with Crippen LogP contribution < -0.4 is 15.1 Å². The number of nitrogens with zero attached hydrogens (tertiary/aromatic N) is 3. The number of fused-ring (bicyclic) bond motifs is 8. The lowest BCUT2D eigenvalue weighted by Crippen LogP contribution is -2.35. The summed E-state index contributed by atoms with van der Waals surface area (Å²) in [4.78, 5) is 30.3. The molecule has 18 heteroatoms. The van der Waals surface area contributed by atoms with Crippen LogP contribution in [0.15, 0.2) is 167 Å². The maximum Gasteiger partial charge on any atom is 0.294 e. The van der Waals surface area contributed by atoms with Gasteiger partial charge >= 0.3 is 0 Å². The van der Waals surface area contributed by atoms with Gasteiger partial charge in [-0.3, -0.25) is 23.2 Å². The van der Waals surface area contributed by atoms with Gasteiger partial charge in [0.05, 0.1) is 33.2 Å². The molecule has 0 saturated carbocycles. The van der Waals surface area contributed by atoms with Crippen LogP contribution in [-0.4, -0.2) is 86.4 Å². The van der Waals surface area contributed by atoms with Crippen LogP contribution in [0, 0.1) is 11.8 Å². The first-order valence-electron chi connectivity index (χ1n) is 26.9. The summed E-state index contributed by atoms with van der Waals surface area (Å²) in [6.07, 6.45) is 17.0. The Hall–Kier alpha value is -7.50. The predicted molar refractivity (Wildman–Crippen MR) is 318 cm³/mol. The minimum Gasteiger partial charge on any atom is -0.356 e. The molecule has 0 saturated heterocycles. The topological polar surface area (TPSA) is 219 Å². The standard InChI is InChI=1S/C63H64N4O11S3/c1-62(2)56(23-9-6-5-7-10-24-57-63(3,4)61-52-33-31-50(81(76,77)78)42-47(52)29-35-55(61)66(57)39-17-18-40-79(70,71)72)65(54-34-28-46-41-49(80(73,74)75)30-32-51(46)60(54)62)38-16-8-11-25-58(68)64-37-36-59(69)67-43-48-21-13-12-19-44(48)26-27-45-20-14-15-22-53(45)67/h5-7,9-10,12-15,19-24,28-35,41-42H,8,11,16-18,25,36-40,43H2,1-4H3,(H3-,64,68,70,71,72,73,74,75,76,77,78)/p+1. The molecule has 0 fully saturated rings. The number of carbonyl (C=O) groups excluding carboxylic acids is 2. The number of benzene rings is 6. The molecule has 0 radical (unpaired) electrons. The smallest absolute Gasteiger partial charge is 0.294 e. The molecule has 0 bridgehead atoms. The third kappa shape index (κ3) is 12.8. The largest absolute Gasteiger partial charge is 0.356 e. The molecular weight excluding hydrogens is 1080 g/mol. The molecule has 3 aliphatic heterocycles. The van der Waals surface area contributed by atoms with Crippen molar-refractivity contribution < 1.29 is 53.1 Å². The highest BCUT2D eigenvalue weighted by molar-refractivity contribution is 7.86. The fourth-order valence-electron chi connectivity index (χ4n) is 11.5. The van der Waals surface area contributed by atoms with Crippen molar-refractivity contribution in [1.82, 2.24) is 5.32 Å². The fraction of sp³-hybridized carbons (Fsp3) is 0.286. The van der Waals surface area contributed by atoms with Gasteiger partial charge in [0.1, 0.15) is 6.54 Å². The van der Waals surface area contributed by atoms with E-state index in [-0.39, 0.29) is 46.7 Å². The van der Waals surface area contributed by atoms with Gasteiger partial charge in [0.15, 0.2) is 5.71 Å². The molecule has 3 aliphatic rings. The second-order valence-corrected chi connectivity index (χ2v) is 26.0. The minimum absolute atomic E-state index is 0.110. The van der Waals surface area contributed by atoms with Crippen LogP contribution in [0.2, 0.25) is 0 Å². The zero-order chi connectivity index (χ0) is 57.9. The van der Waals surface area contributed by atoms with Crippen molar-refractivity contribution in [3.8, 4) is 11.8 Å². The minimum atomic E-state index is -4.43. The summed E-state index contributed by atoms with van der Waals surface area (Å²) in [5.41, 5.74) is 7.94. The van der Waals surface area contributed by atoms with Gasteiger partial charge in [-0.05, 0) is 133 Å². The van der Waals surface area contributed by atoms with Crippen LogP contribution >= 0.6 is 0 Å². The van der Waals surface area contributed by atoms with Crippen molar-refractivity contribution in [3.05, 3.63) is 185 Å². The van der Waals surface area contributed by atoms with E-state index in [0.29, 0.717) is 49.7 Å². The quantitative estimate of drug-likeness (QED) is 0.0184. The van der Waals surface area contributed by atoms with Crippen LogP contribution in [0.25, 0.3) is 21.5 Å². The Balaban J connectivity index is 0.888. The van der Waals surface area contributed by atoms with Gasteiger partial charge in [-0.15, -0.1) is 0 Å². The number of hydrogen-bond acceptors (Lipinski definition) is 9. The summed E-state index contributed by atoms with van der Waals surface area (Å²) in [7, 11) is -13.0. The molecular formula is C63H65N4O11S3+. The van der Waals surface area contributed by atoms with E-state index in [1.807, 2.05) is 103 Å². The van der Waals surface area contributed by atoms with Gasteiger partial charge in [0.2, 0.25) is 17.5 Å². The zero-order valence-electron chi connectivity index (χ0n) is 45.6. The van der Waals surface area contributed by atoms with Crippen LogP contribution in [0.3, 0.4) is 0 Å². The van der Waals surface area contributed by atoms with E-state index in [2.05, 4.69) is 60.4 Å². The molecule has 2 amide bonds. The predicted octanol–water partition coefficient (Wildman–Crippen LogP) is 10.9. The number of amides is 2. The summed E-state index contributed by atoms with van der Waals surface area (Å²) in [5.74, 6) is 5.85. The number of allylic oxidation sites excluding steroid dienone is 8. The molecule has 0 aliphatic carbocycles. The first kappa shape index (κ1) is 58.2. The lowest BCUT2D eigenvalue weighted by atomic mass is 9.79. The van der Waals surface area contributed by atoms with Crippen molar-refractivity contribution in [2.45, 2.75) is 99.8 Å². The second-order valence-electron chi connectivity index (χ2n) is 21.6. The number of unbranched alkanes of at least 4 members (excludes halogenated alkanes) is 3. The van der Waals surface area contributed by atoms with Crippen molar-refractivity contribution >= 4 is 86.5 Å². The summed E-state index contributed by atoms with van der Waals surface area (Å²) in [6, 6.07) is 32.1. The van der Waals surface area contributed by atoms with Gasteiger partial charge in [-0.2, -0.15) is 29.8 Å². The molecule has 0 atom stereocenters. The number of rotatable bonds is 20. The van der Waals surface area contributed by atoms with E-state index in [0.717, 1.165) is 79.9 Å². The SMILES string of the molecule is CC1(C)C(/C=C/C=C/C=C/C=C2/N(CCCCS(=O)(=O)O)c3ccc4cc(S(=O)(=O)O)ccc4c3C2(C)C)=[N+](CCCCCC(=O)NCCC(=O)N2Cc3ccccc3C#Cc3ccccc32)c2ccc3cc(S(=O)(=O)O)ccc3c21. The second kappa shape index (κ2) is 23.5. The van der Waals surface area contributed by atoms with E-state index in [1.165, 1.54) is 24.3 Å². The van der Waals surface area contributed by atoms with E-state index < -0.39 is 41.2 Å². The van der Waals surface area contributed by atoms with Gasteiger partial charge in [-0.25, -0.2) is 0 Å². The van der Waals surface area contributed by atoms with Gasteiger partial charge < -0.3 is 15.1 Å². The Morgan fingerprint density at radius 2 is 1.27 bits per heavy atom. The lowest BCUT2D eigenvalue weighted by Gasteiger charge is -2.27. The lowest BCUT2D eigenvalue weighted by molar-refractivity contribution is -0.438. The van der Waals surface area contributed by atoms with Crippen LogP contribution in [0.5, 0.6) is 0 Å². The zero-order valence-corrected chi connectivity index (χ0v) is 48.0. The Morgan fingerprint density at radius 1 is 0.642 bits per heavy atom. The third-order valence-electron chi connectivity index (χ3n) is 15.3. The Bertz CT molecular complexity index is 4090. The van der Waals surface area contributed by atoms with Crippen LogP contribution in [-0.2, 0) is 57.3 Å². The average Bonchev–Trinajstić information content (AvgIpc) is 3.94. The highest BCUT2D eigenvalue weighted by Crippen LogP contribution is 2.51. The molecule has 9 rings (SSSR count). The highest BCUT2D eigenvalue weighted by Gasteiger charge is 2.46. The maximum absolute atomic E-state index is 13.7. The van der Waals surface area contributed by atoms with Crippen molar-refractivity contribution in [1.29, 1.82) is 0 Å². The average molecular weight is 1150 g/mol. The molecule has 420 valence electrons. The molecule has 0 spiro atoms. The first-order valence-corrected chi connectivity index (χ1v) is 31.4. The molecule has 6 aromatic rings. The van der Waals surface area contributed by atoms with E-state index in [1.54, 1.807) is 23.1 Å². The van der Waals surface area contributed by atoms with Gasteiger partial charge in [0.25, 0.3) is 30.4 Å². The molecule has 0 unspecified atom stereocenters. The van der Waals surface area contributed by atoms with Gasteiger partial charge in [0, 0.05) is 78.0 Å². The normalized spacial score (nSPS) is 16.2. The summed E-state index contributed by atoms with van der Waals surface area (Å²) < 4.78 is 103. The maximum atomic E-state index is 13.7. The highest BCUT2D eigenvalue weighted by atomic mass is 32.2. The number of anilines is 2. The van der Waals surface area contributed by atoms with Crippen molar-refractivity contribution in [2.24, 2.45) is 0 Å². The van der Waals surface area contributed by atoms with E-state index in [4.69, 9.17) is 0 Å². The van der Waals surface area contributed by atoms with Crippen molar-refractivity contribution in [3.63, 3.8) is 0 Å². The van der Waals surface area contributed by atoms with Gasteiger partial charge in [-0.1, -0.05) is 105 Å². The summed E-state index contributed by atoms with van der Waals surface area (Å²) in [5, 5.41) is 5.92. The first-order chi connectivity index (χ1) is 38.4. The molecule has 6 aromatic carbocycles.